The zero-order valence-corrected chi connectivity index (χ0v) is 17.4. The summed E-state index contributed by atoms with van der Waals surface area (Å²) >= 11 is 11.6. The van der Waals surface area contributed by atoms with E-state index >= 15 is 0 Å². The van der Waals surface area contributed by atoms with Crippen LogP contribution in [0.25, 0.3) is 0 Å². The van der Waals surface area contributed by atoms with Gasteiger partial charge in [0.25, 0.3) is 5.91 Å². The van der Waals surface area contributed by atoms with Crippen LogP contribution in [0.4, 0.5) is 5.69 Å². The maximum atomic E-state index is 12.5. The molecule has 0 saturated heterocycles. The molecular formula is C18H18Cl2N2O5S. The Kier molecular flexibility index (Phi) is 7.42. The number of likely N-dealkylation sites (N-methyl/N-ethyl adjacent to an activating group) is 1. The van der Waals surface area contributed by atoms with Crippen LogP contribution in [0.5, 0.6) is 0 Å². The molecule has 1 unspecified atom stereocenters. The van der Waals surface area contributed by atoms with Crippen LogP contribution in [-0.4, -0.2) is 44.3 Å². The third-order valence-corrected chi connectivity index (χ3v) is 5.95. The van der Waals surface area contributed by atoms with Crippen molar-refractivity contribution < 1.29 is 22.7 Å². The standard InChI is InChI=1S/C18H18Cl2N2O5S/c1-12(18(24)21-15-5-3-4-14(20)10-15)27-17(23)11-22(2)28(25,26)16-8-6-13(19)7-9-16/h3-10,12H,11H2,1-2H3,(H,21,24). The molecule has 1 amide bonds. The second-order valence-corrected chi connectivity index (χ2v) is 8.76. The molecule has 7 nitrogen and oxygen atoms in total. The number of hydrogen-bond donors (Lipinski definition) is 1. The molecule has 2 aromatic rings. The first-order valence-electron chi connectivity index (χ1n) is 8.07. The highest BCUT2D eigenvalue weighted by Gasteiger charge is 2.25. The lowest BCUT2D eigenvalue weighted by Gasteiger charge is -2.18. The molecule has 0 aliphatic rings. The number of rotatable bonds is 7. The van der Waals surface area contributed by atoms with Gasteiger partial charge >= 0.3 is 5.97 Å². The summed E-state index contributed by atoms with van der Waals surface area (Å²) in [5.41, 5.74) is 0.447. The van der Waals surface area contributed by atoms with Crippen LogP contribution in [0.15, 0.2) is 53.4 Å². The minimum Gasteiger partial charge on any atom is -0.452 e. The van der Waals surface area contributed by atoms with Gasteiger partial charge in [-0.05, 0) is 49.4 Å². The fourth-order valence-electron chi connectivity index (χ4n) is 2.15. The van der Waals surface area contributed by atoms with Gasteiger partial charge in [-0.25, -0.2) is 8.42 Å². The highest BCUT2D eigenvalue weighted by Crippen LogP contribution is 2.18. The predicted octanol–water partition coefficient (Wildman–Crippen LogP) is 3.18. The number of esters is 1. The lowest BCUT2D eigenvalue weighted by Crippen LogP contribution is -2.37. The number of halogens is 2. The Morgan fingerprint density at radius 3 is 2.36 bits per heavy atom. The van der Waals surface area contributed by atoms with Crippen molar-refractivity contribution in [3.63, 3.8) is 0 Å². The molecule has 1 N–H and O–H groups in total. The van der Waals surface area contributed by atoms with E-state index in [1.165, 1.54) is 38.2 Å². The van der Waals surface area contributed by atoms with Crippen molar-refractivity contribution >= 4 is 50.8 Å². The molecule has 0 saturated carbocycles. The zero-order valence-electron chi connectivity index (χ0n) is 15.1. The fourth-order valence-corrected chi connectivity index (χ4v) is 3.58. The van der Waals surface area contributed by atoms with Crippen LogP contribution < -0.4 is 5.32 Å². The number of carbonyl (C=O) groups is 2. The van der Waals surface area contributed by atoms with E-state index in [0.717, 1.165) is 4.31 Å². The minimum atomic E-state index is -3.90. The van der Waals surface area contributed by atoms with Gasteiger partial charge < -0.3 is 10.1 Å². The first kappa shape index (κ1) is 22.2. The highest BCUT2D eigenvalue weighted by molar-refractivity contribution is 7.89. The van der Waals surface area contributed by atoms with Gasteiger partial charge in [0.15, 0.2) is 6.10 Å². The summed E-state index contributed by atoms with van der Waals surface area (Å²) in [5, 5.41) is 3.39. The molecule has 0 radical (unpaired) electrons. The fraction of sp³-hybridized carbons (Fsp3) is 0.222. The summed E-state index contributed by atoms with van der Waals surface area (Å²) in [6.45, 7) is 0.825. The summed E-state index contributed by atoms with van der Waals surface area (Å²) < 4.78 is 30.8. The molecule has 0 fully saturated rings. The topological polar surface area (TPSA) is 92.8 Å². The van der Waals surface area contributed by atoms with E-state index in [0.29, 0.717) is 15.7 Å². The van der Waals surface area contributed by atoms with E-state index in [4.69, 9.17) is 27.9 Å². The third-order valence-electron chi connectivity index (χ3n) is 3.64. The van der Waals surface area contributed by atoms with Crippen molar-refractivity contribution in [2.24, 2.45) is 0 Å². The summed E-state index contributed by atoms with van der Waals surface area (Å²) in [6.07, 6.45) is -1.13. The Morgan fingerprint density at radius 2 is 1.75 bits per heavy atom. The Labute approximate surface area is 173 Å². The van der Waals surface area contributed by atoms with Crippen LogP contribution >= 0.6 is 23.2 Å². The van der Waals surface area contributed by atoms with Crippen molar-refractivity contribution in [3.05, 3.63) is 58.6 Å². The maximum absolute atomic E-state index is 12.5. The van der Waals surface area contributed by atoms with E-state index in [1.54, 1.807) is 24.3 Å². The number of benzene rings is 2. The summed E-state index contributed by atoms with van der Waals surface area (Å²) in [6, 6.07) is 12.0. The molecule has 0 bridgehead atoms. The normalized spacial score (nSPS) is 12.5. The zero-order chi connectivity index (χ0) is 20.9. The van der Waals surface area contributed by atoms with Crippen molar-refractivity contribution in [2.45, 2.75) is 17.9 Å². The van der Waals surface area contributed by atoms with Crippen LogP contribution in [0.1, 0.15) is 6.92 Å². The molecule has 150 valence electrons. The predicted molar refractivity (Wildman–Crippen MR) is 107 cm³/mol. The number of amides is 1. The van der Waals surface area contributed by atoms with Gasteiger partial charge in [0, 0.05) is 22.8 Å². The van der Waals surface area contributed by atoms with Crippen molar-refractivity contribution in [1.82, 2.24) is 4.31 Å². The lowest BCUT2D eigenvalue weighted by molar-refractivity contribution is -0.153. The lowest BCUT2D eigenvalue weighted by atomic mass is 10.3. The highest BCUT2D eigenvalue weighted by atomic mass is 35.5. The molecule has 0 heterocycles. The first-order chi connectivity index (χ1) is 13.1. The van der Waals surface area contributed by atoms with E-state index in [2.05, 4.69) is 5.32 Å². The van der Waals surface area contributed by atoms with E-state index in [9.17, 15) is 18.0 Å². The molecule has 0 aromatic heterocycles. The smallest absolute Gasteiger partial charge is 0.322 e. The van der Waals surface area contributed by atoms with E-state index in [-0.39, 0.29) is 4.90 Å². The quantitative estimate of drug-likeness (QED) is 0.661. The van der Waals surface area contributed by atoms with Gasteiger partial charge in [0.2, 0.25) is 10.0 Å². The maximum Gasteiger partial charge on any atom is 0.322 e. The molecule has 10 heteroatoms. The summed E-state index contributed by atoms with van der Waals surface area (Å²) in [4.78, 5) is 24.2. The Hall–Kier alpha value is -2.13. The first-order valence-corrected chi connectivity index (χ1v) is 10.3. The molecule has 0 aliphatic heterocycles. The molecule has 2 aromatic carbocycles. The van der Waals surface area contributed by atoms with E-state index in [1.807, 2.05) is 0 Å². The Bertz CT molecular complexity index is 964. The number of carbonyl (C=O) groups excluding carboxylic acids is 2. The van der Waals surface area contributed by atoms with Gasteiger partial charge in [-0.1, -0.05) is 29.3 Å². The van der Waals surface area contributed by atoms with Crippen LogP contribution in [-0.2, 0) is 24.3 Å². The van der Waals surface area contributed by atoms with Crippen LogP contribution in [0.3, 0.4) is 0 Å². The molecule has 0 spiro atoms. The van der Waals surface area contributed by atoms with Gasteiger partial charge in [-0.2, -0.15) is 4.31 Å². The average Bonchev–Trinajstić information content (AvgIpc) is 2.61. The number of hydrogen-bond acceptors (Lipinski definition) is 5. The number of sulfonamides is 1. The second-order valence-electron chi connectivity index (χ2n) is 5.85. The van der Waals surface area contributed by atoms with Crippen LogP contribution in [0, 0.1) is 0 Å². The van der Waals surface area contributed by atoms with Crippen molar-refractivity contribution in [3.8, 4) is 0 Å². The molecule has 28 heavy (non-hydrogen) atoms. The monoisotopic (exact) mass is 444 g/mol. The van der Waals surface area contributed by atoms with E-state index < -0.39 is 34.5 Å². The third kappa shape index (κ3) is 5.93. The Balaban J connectivity index is 1.94. The average molecular weight is 445 g/mol. The number of anilines is 1. The number of nitrogens with zero attached hydrogens (tertiary/aromatic N) is 1. The van der Waals surface area contributed by atoms with Gasteiger partial charge in [-0.3, -0.25) is 9.59 Å². The Morgan fingerprint density at radius 1 is 1.11 bits per heavy atom. The molecule has 1 atom stereocenters. The largest absolute Gasteiger partial charge is 0.452 e. The number of ether oxygens (including phenoxy) is 1. The molecule has 2 rings (SSSR count). The minimum absolute atomic E-state index is 0.0149. The molecule has 0 aliphatic carbocycles. The van der Waals surface area contributed by atoms with Gasteiger partial charge in [0.05, 0.1) is 4.90 Å². The van der Waals surface area contributed by atoms with Gasteiger partial charge in [-0.15, -0.1) is 0 Å². The summed E-state index contributed by atoms with van der Waals surface area (Å²) in [5.74, 6) is -1.44. The second kappa shape index (κ2) is 9.38. The summed E-state index contributed by atoms with van der Waals surface area (Å²) in [7, 11) is -2.66. The number of nitrogens with one attached hydrogen (secondary N) is 1. The van der Waals surface area contributed by atoms with Crippen molar-refractivity contribution in [1.29, 1.82) is 0 Å². The SMILES string of the molecule is CC(OC(=O)CN(C)S(=O)(=O)c1ccc(Cl)cc1)C(=O)Nc1cccc(Cl)c1. The van der Waals surface area contributed by atoms with Crippen molar-refractivity contribution in [2.75, 3.05) is 18.9 Å². The molecular weight excluding hydrogens is 427 g/mol. The van der Waals surface area contributed by atoms with Crippen LogP contribution in [0.2, 0.25) is 10.0 Å². The van der Waals surface area contributed by atoms with Gasteiger partial charge in [0.1, 0.15) is 6.54 Å².